The van der Waals surface area contributed by atoms with E-state index in [9.17, 15) is 9.59 Å². The van der Waals surface area contributed by atoms with Crippen LogP contribution in [0.1, 0.15) is 48.0 Å². The minimum absolute atomic E-state index is 0.0476. The van der Waals surface area contributed by atoms with Gasteiger partial charge >= 0.3 is 0 Å². The number of carbonyl (C=O) groups is 2. The first kappa shape index (κ1) is 16.0. The van der Waals surface area contributed by atoms with Gasteiger partial charge in [0.1, 0.15) is 0 Å². The van der Waals surface area contributed by atoms with Crippen LogP contribution in [0.2, 0.25) is 0 Å². The molecular weight excluding hydrogens is 288 g/mol. The molecule has 1 aromatic carbocycles. The SMILES string of the molecule is Cc1ccc(C(=O)N(C)C)cc1NC(=O)C[C@H]1C[C@H]2CC[C@H]1C2. The molecule has 3 rings (SSSR count). The second-order valence-electron chi connectivity index (χ2n) is 7.42. The van der Waals surface area contributed by atoms with Crippen LogP contribution in [-0.2, 0) is 4.79 Å². The summed E-state index contributed by atoms with van der Waals surface area (Å²) in [6.07, 6.45) is 5.82. The van der Waals surface area contributed by atoms with E-state index in [0.717, 1.165) is 23.1 Å². The highest BCUT2D eigenvalue weighted by Crippen LogP contribution is 2.49. The summed E-state index contributed by atoms with van der Waals surface area (Å²) in [6.45, 7) is 1.96. The van der Waals surface area contributed by atoms with E-state index in [1.165, 1.54) is 25.7 Å². The Kier molecular flexibility index (Phi) is 4.42. The maximum atomic E-state index is 12.4. The molecule has 2 amide bonds. The molecule has 1 aromatic rings. The first-order valence-electron chi connectivity index (χ1n) is 8.56. The fourth-order valence-electron chi connectivity index (χ4n) is 4.21. The van der Waals surface area contributed by atoms with Crippen LogP contribution in [0.5, 0.6) is 0 Å². The number of carbonyl (C=O) groups excluding carboxylic acids is 2. The van der Waals surface area contributed by atoms with Gasteiger partial charge in [0, 0.05) is 31.8 Å². The van der Waals surface area contributed by atoms with Gasteiger partial charge in [-0.1, -0.05) is 12.5 Å². The predicted molar refractivity (Wildman–Crippen MR) is 91.4 cm³/mol. The number of fused-ring (bicyclic) bond motifs is 2. The molecular formula is C19H26N2O2. The smallest absolute Gasteiger partial charge is 0.253 e. The Morgan fingerprint density at radius 2 is 2.00 bits per heavy atom. The van der Waals surface area contributed by atoms with Crippen molar-refractivity contribution in [3.8, 4) is 0 Å². The molecule has 124 valence electrons. The van der Waals surface area contributed by atoms with Gasteiger partial charge in [0.05, 0.1) is 0 Å². The van der Waals surface area contributed by atoms with Crippen molar-refractivity contribution in [2.24, 2.45) is 17.8 Å². The lowest BCUT2D eigenvalue weighted by Gasteiger charge is -2.21. The van der Waals surface area contributed by atoms with E-state index in [4.69, 9.17) is 0 Å². The normalized spacial score (nSPS) is 25.4. The standard InChI is InChI=1S/C19H26N2O2/c1-12-4-6-15(19(23)21(2)3)10-17(12)20-18(22)11-16-9-13-5-7-14(16)8-13/h4,6,10,13-14,16H,5,7-9,11H2,1-3H3,(H,20,22)/t13-,14-,16+/m0/s1. The molecule has 0 aromatic heterocycles. The highest BCUT2D eigenvalue weighted by atomic mass is 16.2. The number of nitrogens with one attached hydrogen (secondary N) is 1. The van der Waals surface area contributed by atoms with E-state index in [2.05, 4.69) is 5.32 Å². The summed E-state index contributed by atoms with van der Waals surface area (Å²) in [5.41, 5.74) is 2.35. The van der Waals surface area contributed by atoms with Crippen molar-refractivity contribution in [1.29, 1.82) is 0 Å². The van der Waals surface area contributed by atoms with Crippen LogP contribution >= 0.6 is 0 Å². The predicted octanol–water partition coefficient (Wildman–Crippen LogP) is 3.46. The third-order valence-electron chi connectivity index (χ3n) is 5.50. The topological polar surface area (TPSA) is 49.4 Å². The monoisotopic (exact) mass is 314 g/mol. The van der Waals surface area contributed by atoms with Crippen molar-refractivity contribution in [3.05, 3.63) is 29.3 Å². The van der Waals surface area contributed by atoms with Crippen molar-refractivity contribution < 1.29 is 9.59 Å². The molecule has 2 bridgehead atoms. The number of amides is 2. The summed E-state index contributed by atoms with van der Waals surface area (Å²) in [6, 6.07) is 5.49. The minimum atomic E-state index is -0.0476. The molecule has 0 radical (unpaired) electrons. The molecule has 1 N–H and O–H groups in total. The summed E-state index contributed by atoms with van der Waals surface area (Å²) in [5, 5.41) is 3.02. The van der Waals surface area contributed by atoms with Gasteiger partial charge in [-0.3, -0.25) is 9.59 Å². The Bertz CT molecular complexity index is 624. The minimum Gasteiger partial charge on any atom is -0.345 e. The maximum Gasteiger partial charge on any atom is 0.253 e. The molecule has 2 aliphatic rings. The van der Waals surface area contributed by atoms with Crippen molar-refractivity contribution in [2.75, 3.05) is 19.4 Å². The van der Waals surface area contributed by atoms with Gasteiger partial charge in [0.2, 0.25) is 5.91 Å². The van der Waals surface area contributed by atoms with Crippen LogP contribution in [0.3, 0.4) is 0 Å². The number of hydrogen-bond acceptors (Lipinski definition) is 2. The van der Waals surface area contributed by atoms with E-state index in [-0.39, 0.29) is 11.8 Å². The molecule has 2 saturated carbocycles. The van der Waals surface area contributed by atoms with Crippen molar-refractivity contribution in [2.45, 2.75) is 39.0 Å². The largest absolute Gasteiger partial charge is 0.345 e. The lowest BCUT2D eigenvalue weighted by molar-refractivity contribution is -0.117. The highest BCUT2D eigenvalue weighted by Gasteiger charge is 2.40. The summed E-state index contributed by atoms with van der Waals surface area (Å²) >= 11 is 0. The third-order valence-corrected chi connectivity index (χ3v) is 5.50. The van der Waals surface area contributed by atoms with Gasteiger partial charge in [-0.2, -0.15) is 0 Å². The zero-order valence-corrected chi connectivity index (χ0v) is 14.3. The number of benzene rings is 1. The molecule has 4 heteroatoms. The molecule has 3 atom stereocenters. The molecule has 0 aliphatic heterocycles. The Hall–Kier alpha value is -1.84. The Morgan fingerprint density at radius 1 is 1.22 bits per heavy atom. The van der Waals surface area contributed by atoms with Gasteiger partial charge in [-0.05, 0) is 61.6 Å². The molecule has 0 heterocycles. The summed E-state index contributed by atoms with van der Waals surface area (Å²) < 4.78 is 0. The Morgan fingerprint density at radius 3 is 2.61 bits per heavy atom. The van der Waals surface area contributed by atoms with E-state index in [1.807, 2.05) is 19.1 Å². The number of aryl methyl sites for hydroxylation is 1. The molecule has 4 nitrogen and oxygen atoms in total. The Balaban J connectivity index is 1.66. The van der Waals surface area contributed by atoms with Gasteiger partial charge in [-0.15, -0.1) is 0 Å². The summed E-state index contributed by atoms with van der Waals surface area (Å²) in [4.78, 5) is 26.0. The van der Waals surface area contributed by atoms with Crippen molar-refractivity contribution in [3.63, 3.8) is 0 Å². The summed E-state index contributed by atoms with van der Waals surface area (Å²) in [5.74, 6) is 2.21. The van der Waals surface area contributed by atoms with E-state index >= 15 is 0 Å². The fourth-order valence-corrected chi connectivity index (χ4v) is 4.21. The van der Waals surface area contributed by atoms with Crippen molar-refractivity contribution >= 4 is 17.5 Å². The molecule has 23 heavy (non-hydrogen) atoms. The number of nitrogens with zero attached hydrogens (tertiary/aromatic N) is 1. The van der Waals surface area contributed by atoms with Crippen LogP contribution in [0.15, 0.2) is 18.2 Å². The molecule has 0 unspecified atom stereocenters. The first-order chi connectivity index (χ1) is 10.9. The second-order valence-corrected chi connectivity index (χ2v) is 7.42. The molecule has 2 aliphatic carbocycles. The molecule has 2 fully saturated rings. The average molecular weight is 314 g/mol. The maximum absolute atomic E-state index is 12.4. The van der Waals surface area contributed by atoms with Crippen LogP contribution < -0.4 is 5.32 Å². The van der Waals surface area contributed by atoms with Gasteiger partial charge < -0.3 is 10.2 Å². The first-order valence-corrected chi connectivity index (χ1v) is 8.56. The lowest BCUT2D eigenvalue weighted by Crippen LogP contribution is -2.23. The second kappa shape index (κ2) is 6.34. The Labute approximate surface area is 138 Å². The summed E-state index contributed by atoms with van der Waals surface area (Å²) in [7, 11) is 3.46. The number of rotatable bonds is 4. The zero-order valence-electron chi connectivity index (χ0n) is 14.3. The van der Waals surface area contributed by atoms with E-state index in [1.54, 1.807) is 25.1 Å². The average Bonchev–Trinajstić information content (AvgIpc) is 3.11. The quantitative estimate of drug-likeness (QED) is 0.925. The van der Waals surface area contributed by atoms with E-state index in [0.29, 0.717) is 17.9 Å². The van der Waals surface area contributed by atoms with Crippen LogP contribution in [0.25, 0.3) is 0 Å². The number of anilines is 1. The van der Waals surface area contributed by atoms with Gasteiger partial charge in [0.25, 0.3) is 5.91 Å². The van der Waals surface area contributed by atoms with Crippen molar-refractivity contribution in [1.82, 2.24) is 4.90 Å². The zero-order chi connectivity index (χ0) is 16.6. The highest BCUT2D eigenvalue weighted by molar-refractivity contribution is 5.97. The van der Waals surface area contributed by atoms with Crippen LogP contribution in [0, 0.1) is 24.7 Å². The lowest BCUT2D eigenvalue weighted by atomic mass is 9.86. The van der Waals surface area contributed by atoms with Crippen LogP contribution in [0.4, 0.5) is 5.69 Å². The van der Waals surface area contributed by atoms with Crippen LogP contribution in [-0.4, -0.2) is 30.8 Å². The van der Waals surface area contributed by atoms with E-state index < -0.39 is 0 Å². The number of hydrogen-bond donors (Lipinski definition) is 1. The molecule has 0 spiro atoms. The third kappa shape index (κ3) is 3.41. The van der Waals surface area contributed by atoms with Gasteiger partial charge in [0.15, 0.2) is 0 Å². The van der Waals surface area contributed by atoms with Gasteiger partial charge in [-0.25, -0.2) is 0 Å². The molecule has 0 saturated heterocycles. The fraction of sp³-hybridized carbons (Fsp3) is 0.579.